The standard InChI is InChI=1S/C11H19N3O5/c1-6(9(16)13(2)3)12-11(19)14-5-7(15)4-8(14)10(17)18/h6-8,15H,4-5H2,1-3H3,(H,12,19)(H,17,18)/t6?,7?,8-/m0/s1. The van der Waals surface area contributed by atoms with Gasteiger partial charge in [0.25, 0.3) is 0 Å². The van der Waals surface area contributed by atoms with Crippen LogP contribution in [0, 0.1) is 0 Å². The maximum Gasteiger partial charge on any atom is 0.326 e. The molecule has 1 saturated heterocycles. The van der Waals surface area contributed by atoms with Crippen molar-refractivity contribution in [3.05, 3.63) is 0 Å². The summed E-state index contributed by atoms with van der Waals surface area (Å²) in [6, 6.07) is -2.47. The van der Waals surface area contributed by atoms with Gasteiger partial charge in [0.1, 0.15) is 12.1 Å². The van der Waals surface area contributed by atoms with Gasteiger partial charge in [-0.15, -0.1) is 0 Å². The maximum absolute atomic E-state index is 11.9. The van der Waals surface area contributed by atoms with E-state index in [2.05, 4.69) is 5.32 Å². The molecule has 108 valence electrons. The lowest BCUT2D eigenvalue weighted by Gasteiger charge is -2.25. The average molecular weight is 273 g/mol. The Hall–Kier alpha value is -1.83. The highest BCUT2D eigenvalue weighted by atomic mass is 16.4. The number of hydrogen-bond donors (Lipinski definition) is 3. The fraction of sp³-hybridized carbons (Fsp3) is 0.727. The molecular weight excluding hydrogens is 254 g/mol. The van der Waals surface area contributed by atoms with Gasteiger partial charge in [0.05, 0.1) is 6.10 Å². The van der Waals surface area contributed by atoms with E-state index in [0.717, 1.165) is 4.90 Å². The number of aliphatic carboxylic acids is 1. The van der Waals surface area contributed by atoms with Gasteiger partial charge in [0.15, 0.2) is 0 Å². The van der Waals surface area contributed by atoms with Gasteiger partial charge < -0.3 is 25.3 Å². The van der Waals surface area contributed by atoms with Crippen LogP contribution in [0.2, 0.25) is 0 Å². The maximum atomic E-state index is 11.9. The Morgan fingerprint density at radius 1 is 1.37 bits per heavy atom. The van der Waals surface area contributed by atoms with Gasteiger partial charge in [-0.3, -0.25) is 4.79 Å². The van der Waals surface area contributed by atoms with Gasteiger partial charge in [0.2, 0.25) is 5.91 Å². The first-order chi connectivity index (χ1) is 8.73. The first-order valence-electron chi connectivity index (χ1n) is 5.93. The summed E-state index contributed by atoms with van der Waals surface area (Å²) >= 11 is 0. The molecule has 1 rings (SSSR count). The van der Waals surface area contributed by atoms with E-state index in [4.69, 9.17) is 5.11 Å². The Balaban J connectivity index is 2.67. The van der Waals surface area contributed by atoms with Crippen LogP contribution in [0.4, 0.5) is 4.79 Å². The van der Waals surface area contributed by atoms with Crippen molar-refractivity contribution in [1.82, 2.24) is 15.1 Å². The highest BCUT2D eigenvalue weighted by molar-refractivity contribution is 5.88. The second-order valence-electron chi connectivity index (χ2n) is 4.80. The predicted molar refractivity (Wildman–Crippen MR) is 65.4 cm³/mol. The number of carboxylic acids is 1. The summed E-state index contributed by atoms with van der Waals surface area (Å²) in [6.45, 7) is 1.47. The lowest BCUT2D eigenvalue weighted by Crippen LogP contribution is -2.52. The molecule has 1 aliphatic heterocycles. The molecule has 0 aromatic rings. The zero-order valence-corrected chi connectivity index (χ0v) is 11.2. The molecule has 0 saturated carbocycles. The molecule has 0 bridgehead atoms. The first-order valence-corrected chi connectivity index (χ1v) is 5.93. The molecular formula is C11H19N3O5. The van der Waals surface area contributed by atoms with Crippen molar-refractivity contribution in [2.24, 2.45) is 0 Å². The minimum Gasteiger partial charge on any atom is -0.480 e. The van der Waals surface area contributed by atoms with Crippen molar-refractivity contribution >= 4 is 17.9 Å². The van der Waals surface area contributed by atoms with E-state index in [1.807, 2.05) is 0 Å². The molecule has 3 amide bonds. The second kappa shape index (κ2) is 5.87. The molecule has 8 heteroatoms. The third-order valence-corrected chi connectivity index (χ3v) is 2.98. The van der Waals surface area contributed by atoms with Crippen LogP contribution < -0.4 is 5.32 Å². The minimum absolute atomic E-state index is 0.00123. The third-order valence-electron chi connectivity index (χ3n) is 2.98. The Labute approximate surface area is 111 Å². The molecule has 2 unspecified atom stereocenters. The molecule has 1 fully saturated rings. The van der Waals surface area contributed by atoms with Crippen LogP contribution >= 0.6 is 0 Å². The van der Waals surface area contributed by atoms with E-state index in [9.17, 15) is 19.5 Å². The van der Waals surface area contributed by atoms with Gasteiger partial charge >= 0.3 is 12.0 Å². The molecule has 0 aliphatic carbocycles. The molecule has 19 heavy (non-hydrogen) atoms. The largest absolute Gasteiger partial charge is 0.480 e. The molecule has 1 heterocycles. The number of rotatable bonds is 3. The Morgan fingerprint density at radius 3 is 2.42 bits per heavy atom. The molecule has 0 spiro atoms. The number of likely N-dealkylation sites (N-methyl/N-ethyl adjacent to an activating group) is 1. The molecule has 0 aromatic carbocycles. The lowest BCUT2D eigenvalue weighted by atomic mass is 10.2. The highest BCUT2D eigenvalue weighted by Gasteiger charge is 2.39. The zero-order valence-electron chi connectivity index (χ0n) is 11.2. The zero-order chi connectivity index (χ0) is 14.7. The van der Waals surface area contributed by atoms with E-state index in [-0.39, 0.29) is 18.9 Å². The normalized spacial score (nSPS) is 23.9. The number of aliphatic hydroxyl groups excluding tert-OH is 1. The third kappa shape index (κ3) is 3.57. The second-order valence-corrected chi connectivity index (χ2v) is 4.80. The average Bonchev–Trinajstić information content (AvgIpc) is 2.70. The monoisotopic (exact) mass is 273 g/mol. The summed E-state index contributed by atoms with van der Waals surface area (Å²) in [5.41, 5.74) is 0. The van der Waals surface area contributed by atoms with Crippen LogP contribution in [0.3, 0.4) is 0 Å². The van der Waals surface area contributed by atoms with E-state index >= 15 is 0 Å². The van der Waals surface area contributed by atoms with Crippen LogP contribution in [0.25, 0.3) is 0 Å². The van der Waals surface area contributed by atoms with Crippen molar-refractivity contribution in [3.63, 3.8) is 0 Å². The van der Waals surface area contributed by atoms with E-state index in [1.165, 1.54) is 11.8 Å². The van der Waals surface area contributed by atoms with Crippen molar-refractivity contribution < 1.29 is 24.6 Å². The molecule has 0 radical (unpaired) electrons. The smallest absolute Gasteiger partial charge is 0.326 e. The van der Waals surface area contributed by atoms with Gasteiger partial charge in [0, 0.05) is 27.1 Å². The van der Waals surface area contributed by atoms with Crippen molar-refractivity contribution in [2.75, 3.05) is 20.6 Å². The molecule has 1 aliphatic rings. The fourth-order valence-electron chi connectivity index (χ4n) is 1.99. The van der Waals surface area contributed by atoms with E-state index < -0.39 is 30.2 Å². The van der Waals surface area contributed by atoms with Crippen molar-refractivity contribution in [3.8, 4) is 0 Å². The van der Waals surface area contributed by atoms with Crippen LogP contribution in [0.5, 0.6) is 0 Å². The Kier molecular flexibility index (Phi) is 4.71. The Bertz CT molecular complexity index is 385. The number of carbonyl (C=O) groups is 3. The minimum atomic E-state index is -1.17. The summed E-state index contributed by atoms with van der Waals surface area (Å²) in [5.74, 6) is -1.46. The number of aliphatic hydroxyl groups is 1. The molecule has 0 aromatic heterocycles. The van der Waals surface area contributed by atoms with Crippen LogP contribution in [0.15, 0.2) is 0 Å². The first kappa shape index (κ1) is 15.2. The topological polar surface area (TPSA) is 110 Å². The van der Waals surface area contributed by atoms with Gasteiger partial charge in [-0.2, -0.15) is 0 Å². The number of nitrogens with one attached hydrogen (secondary N) is 1. The number of nitrogens with zero attached hydrogens (tertiary/aromatic N) is 2. The summed E-state index contributed by atoms with van der Waals surface area (Å²) < 4.78 is 0. The predicted octanol–water partition coefficient (Wildman–Crippen LogP) is -1.31. The highest BCUT2D eigenvalue weighted by Crippen LogP contribution is 2.18. The number of β-amino-alcohol motifs (C(OH)–C–C–N with tert-alkyl or cyclic N) is 1. The van der Waals surface area contributed by atoms with Crippen LogP contribution in [-0.4, -0.2) is 76.7 Å². The molecule has 3 N–H and O–H groups in total. The summed E-state index contributed by atoms with van der Waals surface area (Å²) in [5, 5.41) is 20.8. The quantitative estimate of drug-likeness (QED) is 0.591. The number of likely N-dealkylation sites (tertiary alicyclic amines) is 1. The van der Waals surface area contributed by atoms with E-state index in [1.54, 1.807) is 14.1 Å². The molecule has 8 nitrogen and oxygen atoms in total. The SMILES string of the molecule is CC(NC(=O)N1CC(O)C[C@H]1C(=O)O)C(=O)N(C)C. The Morgan fingerprint density at radius 2 is 1.95 bits per heavy atom. The molecule has 3 atom stereocenters. The lowest BCUT2D eigenvalue weighted by molar-refractivity contribution is -0.141. The number of urea groups is 1. The van der Waals surface area contributed by atoms with Crippen molar-refractivity contribution in [2.45, 2.75) is 31.5 Å². The van der Waals surface area contributed by atoms with Crippen LogP contribution in [0.1, 0.15) is 13.3 Å². The summed E-state index contributed by atoms with van der Waals surface area (Å²) in [7, 11) is 3.12. The summed E-state index contributed by atoms with van der Waals surface area (Å²) in [4.78, 5) is 36.9. The van der Waals surface area contributed by atoms with E-state index in [0.29, 0.717) is 0 Å². The van der Waals surface area contributed by atoms with Gasteiger partial charge in [-0.1, -0.05) is 0 Å². The van der Waals surface area contributed by atoms with Crippen molar-refractivity contribution in [1.29, 1.82) is 0 Å². The van der Waals surface area contributed by atoms with Gasteiger partial charge in [-0.25, -0.2) is 9.59 Å². The fourth-order valence-corrected chi connectivity index (χ4v) is 1.99. The number of carboxylic acid groups (broad SMARTS) is 1. The number of amides is 3. The van der Waals surface area contributed by atoms with Gasteiger partial charge in [-0.05, 0) is 6.92 Å². The number of hydrogen-bond acceptors (Lipinski definition) is 4. The summed E-state index contributed by atoms with van der Waals surface area (Å²) in [6.07, 6.45) is -0.856. The number of carbonyl (C=O) groups excluding carboxylic acids is 2. The van der Waals surface area contributed by atoms with Crippen LogP contribution in [-0.2, 0) is 9.59 Å².